The fraction of sp³-hybridized carbons (Fsp3) is 0.467. The van der Waals surface area contributed by atoms with Crippen molar-refractivity contribution in [1.29, 1.82) is 0 Å². The molecule has 2 rings (SSSR count). The molecule has 0 fully saturated rings. The van der Waals surface area contributed by atoms with Crippen molar-refractivity contribution in [2.75, 3.05) is 0 Å². The van der Waals surface area contributed by atoms with Crippen LogP contribution in [0.2, 0.25) is 0 Å². The minimum atomic E-state index is 0.276. The quantitative estimate of drug-likeness (QED) is 0.860. The second kappa shape index (κ2) is 7.04. The van der Waals surface area contributed by atoms with Crippen molar-refractivity contribution in [2.24, 2.45) is 0 Å². The van der Waals surface area contributed by atoms with E-state index < -0.39 is 0 Å². The first kappa shape index (κ1) is 16.0. The number of aromatic nitrogens is 2. The van der Waals surface area contributed by atoms with Gasteiger partial charge in [-0.2, -0.15) is 4.98 Å². The second-order valence-corrected chi connectivity index (χ2v) is 6.19. The Morgan fingerprint density at radius 1 is 1.33 bits per heavy atom. The molecule has 6 heteroatoms. The summed E-state index contributed by atoms with van der Waals surface area (Å²) in [5, 5.41) is 7.17. The van der Waals surface area contributed by atoms with Crippen LogP contribution >= 0.6 is 15.9 Å². The van der Waals surface area contributed by atoms with Gasteiger partial charge >= 0.3 is 0 Å². The largest absolute Gasteiger partial charge is 0.483 e. The number of aryl methyl sites for hydroxylation is 2. The Morgan fingerprint density at radius 3 is 2.71 bits per heavy atom. The summed E-state index contributed by atoms with van der Waals surface area (Å²) in [5.41, 5.74) is 2.17. The van der Waals surface area contributed by atoms with E-state index in [2.05, 4.69) is 51.3 Å². The van der Waals surface area contributed by atoms with E-state index in [4.69, 9.17) is 9.26 Å². The number of hydrogen-bond donors (Lipinski definition) is 1. The Bertz CT molecular complexity index is 611. The normalized spacial score (nSPS) is 11.1. The molecule has 0 aliphatic carbocycles. The Kier molecular flexibility index (Phi) is 5.36. The van der Waals surface area contributed by atoms with Crippen LogP contribution in [0.3, 0.4) is 0 Å². The van der Waals surface area contributed by atoms with Crippen LogP contribution in [-0.2, 0) is 13.2 Å². The van der Waals surface area contributed by atoms with Crippen LogP contribution in [0.15, 0.2) is 21.1 Å². The molecule has 0 amide bonds. The zero-order valence-corrected chi connectivity index (χ0v) is 14.3. The third-order valence-corrected chi connectivity index (χ3v) is 3.38. The van der Waals surface area contributed by atoms with Gasteiger partial charge in [0, 0.05) is 22.6 Å². The molecule has 0 aliphatic rings. The number of rotatable bonds is 6. The van der Waals surface area contributed by atoms with Gasteiger partial charge < -0.3 is 14.6 Å². The van der Waals surface area contributed by atoms with Gasteiger partial charge in [-0.3, -0.25) is 0 Å². The van der Waals surface area contributed by atoms with Crippen LogP contribution in [0.5, 0.6) is 5.75 Å². The number of halogens is 1. The number of hydrogen-bond acceptors (Lipinski definition) is 5. The van der Waals surface area contributed by atoms with Crippen LogP contribution in [0.4, 0.5) is 0 Å². The van der Waals surface area contributed by atoms with Crippen LogP contribution in [0.25, 0.3) is 0 Å². The second-order valence-electron chi connectivity index (χ2n) is 5.27. The van der Waals surface area contributed by atoms with E-state index in [-0.39, 0.29) is 6.61 Å². The molecule has 1 aromatic heterocycles. The summed E-state index contributed by atoms with van der Waals surface area (Å²) in [4.78, 5) is 4.15. The third-order valence-electron chi connectivity index (χ3n) is 2.93. The molecule has 0 saturated heterocycles. The first-order valence-electron chi connectivity index (χ1n) is 6.90. The highest BCUT2D eigenvalue weighted by Crippen LogP contribution is 2.28. The van der Waals surface area contributed by atoms with E-state index in [1.165, 1.54) is 0 Å². The van der Waals surface area contributed by atoms with Crippen molar-refractivity contribution in [2.45, 2.75) is 46.9 Å². The van der Waals surface area contributed by atoms with Gasteiger partial charge in [-0.1, -0.05) is 34.9 Å². The van der Waals surface area contributed by atoms with Crippen LogP contribution < -0.4 is 10.1 Å². The first-order valence-corrected chi connectivity index (χ1v) is 7.69. The minimum Gasteiger partial charge on any atom is -0.483 e. The standard InChI is InChI=1S/C15H20BrN3O2/c1-9(2)17-7-12-6-13(16)5-10(3)15(12)20-8-14-18-11(4)19-21-14/h5-6,9,17H,7-8H2,1-4H3. The molecule has 114 valence electrons. The lowest BCUT2D eigenvalue weighted by Gasteiger charge is -2.16. The summed E-state index contributed by atoms with van der Waals surface area (Å²) in [5.74, 6) is 1.96. The lowest BCUT2D eigenvalue weighted by Crippen LogP contribution is -2.22. The molecule has 0 aliphatic heterocycles. The smallest absolute Gasteiger partial charge is 0.264 e. The highest BCUT2D eigenvalue weighted by molar-refractivity contribution is 9.10. The zero-order chi connectivity index (χ0) is 15.4. The zero-order valence-electron chi connectivity index (χ0n) is 12.7. The van der Waals surface area contributed by atoms with Gasteiger partial charge in [0.1, 0.15) is 5.75 Å². The predicted octanol–water partition coefficient (Wildman–Crippen LogP) is 3.53. The molecule has 2 aromatic rings. The van der Waals surface area contributed by atoms with Gasteiger partial charge in [0.05, 0.1) is 0 Å². The number of nitrogens with zero attached hydrogens (tertiary/aromatic N) is 2. The van der Waals surface area contributed by atoms with Crippen LogP contribution in [0.1, 0.15) is 36.7 Å². The molecule has 1 aromatic carbocycles. The van der Waals surface area contributed by atoms with Crippen LogP contribution in [0, 0.1) is 13.8 Å². The fourth-order valence-electron chi connectivity index (χ4n) is 1.98. The van der Waals surface area contributed by atoms with Gasteiger partial charge in [0.2, 0.25) is 0 Å². The maximum Gasteiger partial charge on any atom is 0.264 e. The summed E-state index contributed by atoms with van der Waals surface area (Å²) in [6.45, 7) is 9.07. The number of benzene rings is 1. The van der Waals surface area contributed by atoms with Crippen molar-refractivity contribution in [3.63, 3.8) is 0 Å². The lowest BCUT2D eigenvalue weighted by atomic mass is 10.1. The van der Waals surface area contributed by atoms with E-state index in [0.29, 0.717) is 17.8 Å². The topological polar surface area (TPSA) is 60.2 Å². The number of nitrogens with one attached hydrogen (secondary N) is 1. The van der Waals surface area contributed by atoms with Gasteiger partial charge in [-0.25, -0.2) is 0 Å². The molecule has 0 saturated carbocycles. The summed E-state index contributed by atoms with van der Waals surface area (Å²) < 4.78 is 12.0. The summed E-state index contributed by atoms with van der Waals surface area (Å²) in [6, 6.07) is 4.51. The van der Waals surface area contributed by atoms with Crippen molar-refractivity contribution < 1.29 is 9.26 Å². The monoisotopic (exact) mass is 353 g/mol. The maximum atomic E-state index is 5.90. The molecular formula is C15H20BrN3O2. The SMILES string of the molecule is Cc1noc(COc2c(C)cc(Br)cc2CNC(C)C)n1. The molecule has 0 atom stereocenters. The van der Waals surface area contributed by atoms with Crippen molar-refractivity contribution >= 4 is 15.9 Å². The average molecular weight is 354 g/mol. The van der Waals surface area contributed by atoms with E-state index in [9.17, 15) is 0 Å². The Labute approximate surface area is 133 Å². The molecule has 0 bridgehead atoms. The van der Waals surface area contributed by atoms with E-state index in [1.807, 2.05) is 13.0 Å². The molecule has 1 heterocycles. The highest BCUT2D eigenvalue weighted by Gasteiger charge is 2.12. The summed E-state index contributed by atoms with van der Waals surface area (Å²) in [7, 11) is 0. The van der Waals surface area contributed by atoms with Gasteiger partial charge in [0.15, 0.2) is 12.4 Å². The fourth-order valence-corrected chi connectivity index (χ4v) is 2.60. The van der Waals surface area contributed by atoms with Gasteiger partial charge in [-0.15, -0.1) is 0 Å². The van der Waals surface area contributed by atoms with Crippen molar-refractivity contribution in [3.05, 3.63) is 39.4 Å². The summed E-state index contributed by atoms with van der Waals surface area (Å²) in [6.07, 6.45) is 0. The van der Waals surface area contributed by atoms with Crippen molar-refractivity contribution in [3.8, 4) is 5.75 Å². The van der Waals surface area contributed by atoms with Crippen LogP contribution in [-0.4, -0.2) is 16.2 Å². The third kappa shape index (κ3) is 4.54. The molecular weight excluding hydrogens is 334 g/mol. The molecule has 0 spiro atoms. The molecule has 0 unspecified atom stereocenters. The Balaban J connectivity index is 2.15. The van der Waals surface area contributed by atoms with E-state index in [0.717, 1.165) is 27.9 Å². The Hall–Kier alpha value is -1.40. The maximum absolute atomic E-state index is 5.90. The van der Waals surface area contributed by atoms with Crippen molar-refractivity contribution in [1.82, 2.24) is 15.5 Å². The molecule has 0 radical (unpaired) electrons. The highest BCUT2D eigenvalue weighted by atomic mass is 79.9. The van der Waals surface area contributed by atoms with Gasteiger partial charge in [-0.05, 0) is 31.5 Å². The van der Waals surface area contributed by atoms with Gasteiger partial charge in [0.25, 0.3) is 5.89 Å². The summed E-state index contributed by atoms with van der Waals surface area (Å²) >= 11 is 3.53. The molecule has 1 N–H and O–H groups in total. The predicted molar refractivity (Wildman–Crippen MR) is 84.2 cm³/mol. The molecule has 5 nitrogen and oxygen atoms in total. The lowest BCUT2D eigenvalue weighted by molar-refractivity contribution is 0.239. The Morgan fingerprint density at radius 2 is 2.10 bits per heavy atom. The number of ether oxygens (including phenoxy) is 1. The first-order chi connectivity index (χ1) is 9.95. The van der Waals surface area contributed by atoms with E-state index in [1.54, 1.807) is 6.92 Å². The minimum absolute atomic E-state index is 0.276. The average Bonchev–Trinajstić information content (AvgIpc) is 2.80. The van der Waals surface area contributed by atoms with E-state index >= 15 is 0 Å². The molecule has 21 heavy (non-hydrogen) atoms.